The van der Waals surface area contributed by atoms with Gasteiger partial charge in [-0.25, -0.2) is 0 Å². The summed E-state index contributed by atoms with van der Waals surface area (Å²) < 4.78 is 0.806. The molecule has 4 heteroatoms. The van der Waals surface area contributed by atoms with Gasteiger partial charge < -0.3 is 10.4 Å². The standard InChI is InChI=1S/C9H14ClNOS/c1-6(12)5-11-7(2)8-3-4-9(10)13-8/h3-4,6-7,11-12H,5H2,1-2H3/t6-,7?/m1/s1. The Balaban J connectivity index is 2.44. The Morgan fingerprint density at radius 1 is 1.54 bits per heavy atom. The van der Waals surface area contributed by atoms with Gasteiger partial charge in [0.1, 0.15) is 0 Å². The van der Waals surface area contributed by atoms with Gasteiger partial charge in [0.25, 0.3) is 0 Å². The first kappa shape index (κ1) is 11.0. The van der Waals surface area contributed by atoms with Gasteiger partial charge in [-0.1, -0.05) is 11.6 Å². The summed E-state index contributed by atoms with van der Waals surface area (Å²) in [5.74, 6) is 0. The molecule has 0 aliphatic heterocycles. The van der Waals surface area contributed by atoms with E-state index in [1.165, 1.54) is 4.88 Å². The minimum Gasteiger partial charge on any atom is -0.392 e. The molecular weight excluding hydrogens is 206 g/mol. The van der Waals surface area contributed by atoms with Crippen molar-refractivity contribution in [1.82, 2.24) is 5.32 Å². The third-order valence-corrected chi connectivity index (χ3v) is 3.15. The molecule has 2 nitrogen and oxygen atoms in total. The molecule has 0 aromatic carbocycles. The number of nitrogens with one attached hydrogen (secondary N) is 1. The lowest BCUT2D eigenvalue weighted by Crippen LogP contribution is -2.26. The highest BCUT2D eigenvalue weighted by Crippen LogP contribution is 2.26. The molecular formula is C9H14ClNOS. The molecule has 0 radical (unpaired) electrons. The van der Waals surface area contributed by atoms with Crippen molar-refractivity contribution >= 4 is 22.9 Å². The van der Waals surface area contributed by atoms with Gasteiger partial charge in [0.2, 0.25) is 0 Å². The number of rotatable bonds is 4. The van der Waals surface area contributed by atoms with Crippen LogP contribution in [0.4, 0.5) is 0 Å². The molecule has 1 aromatic rings. The molecule has 2 atom stereocenters. The van der Waals surface area contributed by atoms with Gasteiger partial charge >= 0.3 is 0 Å². The highest BCUT2D eigenvalue weighted by Gasteiger charge is 2.07. The second-order valence-electron chi connectivity index (χ2n) is 3.12. The van der Waals surface area contributed by atoms with Crippen molar-refractivity contribution in [3.8, 4) is 0 Å². The second kappa shape index (κ2) is 4.96. The van der Waals surface area contributed by atoms with Crippen LogP contribution in [-0.2, 0) is 0 Å². The summed E-state index contributed by atoms with van der Waals surface area (Å²) in [4.78, 5) is 1.20. The van der Waals surface area contributed by atoms with E-state index in [0.717, 1.165) is 4.34 Å². The number of hydrogen-bond acceptors (Lipinski definition) is 3. The van der Waals surface area contributed by atoms with Crippen molar-refractivity contribution < 1.29 is 5.11 Å². The van der Waals surface area contributed by atoms with Crippen LogP contribution in [0, 0.1) is 0 Å². The molecule has 0 aliphatic carbocycles. The van der Waals surface area contributed by atoms with Gasteiger partial charge in [-0.3, -0.25) is 0 Å². The Kier molecular flexibility index (Phi) is 4.19. The molecule has 13 heavy (non-hydrogen) atoms. The Labute approximate surface area is 87.5 Å². The summed E-state index contributed by atoms with van der Waals surface area (Å²) in [6.45, 7) is 4.43. The fourth-order valence-corrected chi connectivity index (χ4v) is 2.10. The smallest absolute Gasteiger partial charge is 0.0931 e. The molecule has 1 heterocycles. The van der Waals surface area contributed by atoms with Crippen molar-refractivity contribution in [1.29, 1.82) is 0 Å². The maximum Gasteiger partial charge on any atom is 0.0931 e. The minimum absolute atomic E-state index is 0.257. The van der Waals surface area contributed by atoms with Crippen molar-refractivity contribution in [2.45, 2.75) is 26.0 Å². The molecule has 1 aromatic heterocycles. The summed E-state index contributed by atoms with van der Waals surface area (Å²) in [6, 6.07) is 4.15. The van der Waals surface area contributed by atoms with E-state index in [4.69, 9.17) is 16.7 Å². The summed E-state index contributed by atoms with van der Waals surface area (Å²) >= 11 is 7.38. The van der Waals surface area contributed by atoms with Crippen LogP contribution in [0.2, 0.25) is 4.34 Å². The van der Waals surface area contributed by atoms with Crippen LogP contribution in [-0.4, -0.2) is 17.8 Å². The molecule has 0 saturated heterocycles. The first-order valence-corrected chi connectivity index (χ1v) is 5.45. The van der Waals surface area contributed by atoms with E-state index >= 15 is 0 Å². The average Bonchev–Trinajstić information content (AvgIpc) is 2.47. The molecule has 0 bridgehead atoms. The first-order valence-electron chi connectivity index (χ1n) is 4.26. The molecule has 1 rings (SSSR count). The average molecular weight is 220 g/mol. The van der Waals surface area contributed by atoms with Gasteiger partial charge in [-0.15, -0.1) is 11.3 Å². The molecule has 0 saturated carbocycles. The Hall–Kier alpha value is -0.0900. The SMILES string of the molecule is CC(NC[C@@H](C)O)c1ccc(Cl)s1. The minimum atomic E-state index is -0.308. The molecule has 0 aliphatic rings. The topological polar surface area (TPSA) is 32.3 Å². The van der Waals surface area contributed by atoms with E-state index in [2.05, 4.69) is 12.2 Å². The molecule has 0 spiro atoms. The number of aliphatic hydroxyl groups is 1. The monoisotopic (exact) mass is 219 g/mol. The Bertz CT molecular complexity index is 262. The second-order valence-corrected chi connectivity index (χ2v) is 4.87. The third kappa shape index (κ3) is 3.65. The van der Waals surface area contributed by atoms with Crippen molar-refractivity contribution in [2.75, 3.05) is 6.54 Å². The van der Waals surface area contributed by atoms with Gasteiger partial charge in [-0.2, -0.15) is 0 Å². The zero-order chi connectivity index (χ0) is 9.84. The molecule has 74 valence electrons. The van der Waals surface area contributed by atoms with Crippen molar-refractivity contribution in [3.05, 3.63) is 21.3 Å². The lowest BCUT2D eigenvalue weighted by atomic mass is 10.2. The first-order chi connectivity index (χ1) is 6.09. The molecule has 1 unspecified atom stereocenters. The summed E-state index contributed by atoms with van der Waals surface area (Å²) in [7, 11) is 0. The van der Waals surface area contributed by atoms with Crippen LogP contribution in [0.25, 0.3) is 0 Å². The van der Waals surface area contributed by atoms with Crippen molar-refractivity contribution in [3.63, 3.8) is 0 Å². The Morgan fingerprint density at radius 2 is 2.23 bits per heavy atom. The van der Waals surface area contributed by atoms with E-state index in [9.17, 15) is 0 Å². The number of halogens is 1. The summed E-state index contributed by atoms with van der Waals surface area (Å²) in [5.41, 5.74) is 0. The van der Waals surface area contributed by atoms with Crippen LogP contribution >= 0.6 is 22.9 Å². The highest BCUT2D eigenvalue weighted by molar-refractivity contribution is 7.16. The zero-order valence-corrected chi connectivity index (χ0v) is 9.32. The maximum atomic E-state index is 9.07. The lowest BCUT2D eigenvalue weighted by Gasteiger charge is -2.12. The number of aliphatic hydroxyl groups excluding tert-OH is 1. The van der Waals surface area contributed by atoms with Crippen LogP contribution in [0.3, 0.4) is 0 Å². The van der Waals surface area contributed by atoms with Gasteiger partial charge in [0, 0.05) is 17.5 Å². The van der Waals surface area contributed by atoms with E-state index in [1.807, 2.05) is 12.1 Å². The normalized spacial score (nSPS) is 15.7. The fraction of sp³-hybridized carbons (Fsp3) is 0.556. The van der Waals surface area contributed by atoms with E-state index < -0.39 is 0 Å². The summed E-state index contributed by atoms with van der Waals surface area (Å²) in [5, 5.41) is 12.3. The van der Waals surface area contributed by atoms with E-state index in [0.29, 0.717) is 6.54 Å². The molecule has 2 N–H and O–H groups in total. The van der Waals surface area contributed by atoms with Crippen molar-refractivity contribution in [2.24, 2.45) is 0 Å². The van der Waals surface area contributed by atoms with Crippen LogP contribution in [0.1, 0.15) is 24.8 Å². The van der Waals surface area contributed by atoms with Gasteiger partial charge in [0.05, 0.1) is 10.4 Å². The van der Waals surface area contributed by atoms with E-state index in [-0.39, 0.29) is 12.1 Å². The van der Waals surface area contributed by atoms with Gasteiger partial charge in [-0.05, 0) is 26.0 Å². The predicted octanol–water partition coefficient (Wildman–Crippen LogP) is 2.43. The molecule has 0 fully saturated rings. The van der Waals surface area contributed by atoms with Gasteiger partial charge in [0.15, 0.2) is 0 Å². The zero-order valence-electron chi connectivity index (χ0n) is 7.75. The predicted molar refractivity (Wildman–Crippen MR) is 57.4 cm³/mol. The maximum absolute atomic E-state index is 9.07. The fourth-order valence-electron chi connectivity index (χ4n) is 1.01. The molecule has 0 amide bonds. The largest absolute Gasteiger partial charge is 0.392 e. The third-order valence-electron chi connectivity index (χ3n) is 1.74. The number of hydrogen-bond donors (Lipinski definition) is 2. The van der Waals surface area contributed by atoms with Crippen LogP contribution < -0.4 is 5.32 Å². The van der Waals surface area contributed by atoms with Crippen LogP contribution in [0.15, 0.2) is 12.1 Å². The number of thiophene rings is 1. The quantitative estimate of drug-likeness (QED) is 0.816. The summed E-state index contributed by atoms with van der Waals surface area (Å²) in [6.07, 6.45) is -0.308. The lowest BCUT2D eigenvalue weighted by molar-refractivity contribution is 0.187. The Morgan fingerprint density at radius 3 is 2.69 bits per heavy atom. The van der Waals surface area contributed by atoms with Crippen LogP contribution in [0.5, 0.6) is 0 Å². The highest BCUT2D eigenvalue weighted by atomic mass is 35.5. The van der Waals surface area contributed by atoms with E-state index in [1.54, 1.807) is 18.3 Å².